The smallest absolute Gasteiger partial charge is 0.282 e. The van der Waals surface area contributed by atoms with Gasteiger partial charge in [-0.3, -0.25) is 14.4 Å². The minimum atomic E-state index is -0.452. The Morgan fingerprint density at radius 2 is 1.59 bits per heavy atom. The van der Waals surface area contributed by atoms with Crippen molar-refractivity contribution in [2.75, 3.05) is 21.7 Å². The molecule has 0 fully saturated rings. The summed E-state index contributed by atoms with van der Waals surface area (Å²) in [5, 5.41) is 11.8. The van der Waals surface area contributed by atoms with Crippen LogP contribution in [0.5, 0.6) is 0 Å². The van der Waals surface area contributed by atoms with Gasteiger partial charge in [0.15, 0.2) is 0 Å². The number of hydrogen-bond donors (Lipinski definition) is 1. The molecule has 168 valence electrons. The molecule has 1 aliphatic rings. The number of likely N-dealkylation sites (N-methyl/N-ethyl adjacent to an activating group) is 1. The number of nitriles is 1. The monoisotopic (exact) mass is 450 g/mol. The number of anilines is 3. The standard InChI is InChI=1S/C27H22N4O3/c1-3-30(22-7-5-4-6-8-22)25-24(20-11-13-21(14-12-20)29-18(2)32)26(33)31(27(25)34)23-15-9-19(17-28)10-16-23/h4-16H,3H2,1-2H3,(H,29,32). The summed E-state index contributed by atoms with van der Waals surface area (Å²) in [6, 6.07) is 24.6. The average molecular weight is 450 g/mol. The molecule has 1 aliphatic heterocycles. The molecule has 0 aliphatic carbocycles. The van der Waals surface area contributed by atoms with Crippen molar-refractivity contribution in [3.8, 4) is 6.07 Å². The number of amides is 3. The van der Waals surface area contributed by atoms with Gasteiger partial charge in [0, 0.05) is 24.8 Å². The van der Waals surface area contributed by atoms with Crippen LogP contribution in [-0.4, -0.2) is 24.3 Å². The Bertz CT molecular complexity index is 1320. The lowest BCUT2D eigenvalue weighted by atomic mass is 10.0. The Hall–Kier alpha value is -4.70. The van der Waals surface area contributed by atoms with E-state index < -0.39 is 11.8 Å². The van der Waals surface area contributed by atoms with Gasteiger partial charge in [-0.15, -0.1) is 0 Å². The highest BCUT2D eigenvalue weighted by Gasteiger charge is 2.42. The molecule has 4 rings (SSSR count). The highest BCUT2D eigenvalue weighted by Crippen LogP contribution is 2.37. The molecule has 0 saturated carbocycles. The minimum absolute atomic E-state index is 0.201. The predicted octanol–water partition coefficient (Wildman–Crippen LogP) is 4.33. The number of carbonyl (C=O) groups excluding carboxylic acids is 3. The van der Waals surface area contributed by atoms with Gasteiger partial charge in [0.2, 0.25) is 5.91 Å². The van der Waals surface area contributed by atoms with Gasteiger partial charge >= 0.3 is 0 Å². The van der Waals surface area contributed by atoms with Gasteiger partial charge < -0.3 is 10.2 Å². The van der Waals surface area contributed by atoms with Crippen LogP contribution in [0.15, 0.2) is 84.6 Å². The molecule has 0 aromatic heterocycles. The summed E-state index contributed by atoms with van der Waals surface area (Å²) >= 11 is 0. The zero-order valence-corrected chi connectivity index (χ0v) is 18.8. The van der Waals surface area contributed by atoms with E-state index in [-0.39, 0.29) is 17.2 Å². The first-order valence-electron chi connectivity index (χ1n) is 10.8. The van der Waals surface area contributed by atoms with E-state index in [2.05, 4.69) is 5.32 Å². The van der Waals surface area contributed by atoms with Crippen molar-refractivity contribution < 1.29 is 14.4 Å². The fraction of sp³-hybridized carbons (Fsp3) is 0.111. The number of para-hydroxylation sites is 1. The fourth-order valence-electron chi connectivity index (χ4n) is 3.95. The first kappa shape index (κ1) is 22.5. The molecule has 0 unspecified atom stereocenters. The first-order valence-corrected chi connectivity index (χ1v) is 10.8. The molecule has 7 nitrogen and oxygen atoms in total. The number of imide groups is 1. The van der Waals surface area contributed by atoms with Crippen molar-refractivity contribution in [2.45, 2.75) is 13.8 Å². The second-order valence-electron chi connectivity index (χ2n) is 7.67. The zero-order chi connectivity index (χ0) is 24.2. The third kappa shape index (κ3) is 4.17. The fourth-order valence-corrected chi connectivity index (χ4v) is 3.95. The normalized spacial score (nSPS) is 13.1. The summed E-state index contributed by atoms with van der Waals surface area (Å²) < 4.78 is 0. The Kier molecular flexibility index (Phi) is 6.24. The lowest BCUT2D eigenvalue weighted by Crippen LogP contribution is -2.35. The molecule has 0 atom stereocenters. The van der Waals surface area contributed by atoms with E-state index in [4.69, 9.17) is 5.26 Å². The van der Waals surface area contributed by atoms with Gasteiger partial charge in [-0.2, -0.15) is 5.26 Å². The Morgan fingerprint density at radius 3 is 2.15 bits per heavy atom. The quantitative estimate of drug-likeness (QED) is 0.565. The highest BCUT2D eigenvalue weighted by atomic mass is 16.2. The van der Waals surface area contributed by atoms with Crippen LogP contribution in [0.4, 0.5) is 17.1 Å². The topological polar surface area (TPSA) is 93.5 Å². The minimum Gasteiger partial charge on any atom is -0.337 e. The SMILES string of the molecule is CCN(C1=C(c2ccc(NC(C)=O)cc2)C(=O)N(c2ccc(C#N)cc2)C1=O)c1ccccc1. The third-order valence-electron chi connectivity index (χ3n) is 5.46. The maximum absolute atomic E-state index is 13.7. The van der Waals surface area contributed by atoms with E-state index in [1.54, 1.807) is 48.5 Å². The molecular weight excluding hydrogens is 428 g/mol. The number of hydrogen-bond acceptors (Lipinski definition) is 5. The lowest BCUT2D eigenvalue weighted by Gasteiger charge is -2.25. The molecule has 0 saturated heterocycles. The molecular formula is C27H22N4O3. The van der Waals surface area contributed by atoms with Crippen molar-refractivity contribution in [1.82, 2.24) is 0 Å². The van der Waals surface area contributed by atoms with Crippen LogP contribution >= 0.6 is 0 Å². The van der Waals surface area contributed by atoms with Crippen LogP contribution in [0.1, 0.15) is 25.0 Å². The van der Waals surface area contributed by atoms with Crippen LogP contribution in [0.2, 0.25) is 0 Å². The molecule has 0 bridgehead atoms. The van der Waals surface area contributed by atoms with Crippen molar-refractivity contribution in [3.63, 3.8) is 0 Å². The molecule has 34 heavy (non-hydrogen) atoms. The number of benzene rings is 3. The van der Waals surface area contributed by atoms with Gasteiger partial charge in [-0.25, -0.2) is 4.90 Å². The Balaban J connectivity index is 1.85. The number of nitrogens with zero attached hydrogens (tertiary/aromatic N) is 3. The summed E-state index contributed by atoms with van der Waals surface area (Å²) in [6.45, 7) is 3.80. The van der Waals surface area contributed by atoms with Crippen LogP contribution < -0.4 is 15.1 Å². The van der Waals surface area contributed by atoms with Crippen molar-refractivity contribution in [1.29, 1.82) is 5.26 Å². The van der Waals surface area contributed by atoms with Gasteiger partial charge in [0.25, 0.3) is 11.8 Å². The summed E-state index contributed by atoms with van der Waals surface area (Å²) in [4.78, 5) is 41.7. The van der Waals surface area contributed by atoms with Crippen LogP contribution in [0.25, 0.3) is 5.57 Å². The maximum Gasteiger partial charge on any atom is 0.282 e. The maximum atomic E-state index is 13.7. The van der Waals surface area contributed by atoms with Crippen LogP contribution in [0, 0.1) is 11.3 Å². The van der Waals surface area contributed by atoms with E-state index in [1.807, 2.05) is 48.2 Å². The van der Waals surface area contributed by atoms with E-state index in [0.717, 1.165) is 10.6 Å². The van der Waals surface area contributed by atoms with E-state index in [1.165, 1.54) is 6.92 Å². The summed E-state index contributed by atoms with van der Waals surface area (Å²) in [6.07, 6.45) is 0. The molecule has 3 amide bonds. The van der Waals surface area contributed by atoms with E-state index in [0.29, 0.717) is 29.0 Å². The number of nitrogens with one attached hydrogen (secondary N) is 1. The number of carbonyl (C=O) groups is 3. The van der Waals surface area contributed by atoms with Crippen molar-refractivity contribution in [2.24, 2.45) is 0 Å². The Labute approximate surface area is 197 Å². The summed E-state index contributed by atoms with van der Waals surface area (Å²) in [7, 11) is 0. The second kappa shape index (κ2) is 9.43. The molecule has 3 aromatic carbocycles. The van der Waals surface area contributed by atoms with Gasteiger partial charge in [-0.1, -0.05) is 30.3 Å². The first-order chi connectivity index (χ1) is 16.4. The Morgan fingerprint density at radius 1 is 0.941 bits per heavy atom. The average Bonchev–Trinajstić information content (AvgIpc) is 3.10. The van der Waals surface area contributed by atoms with Crippen LogP contribution in [0.3, 0.4) is 0 Å². The predicted molar refractivity (Wildman–Crippen MR) is 131 cm³/mol. The molecule has 1 heterocycles. The molecule has 0 spiro atoms. The lowest BCUT2D eigenvalue weighted by molar-refractivity contribution is -0.120. The molecule has 1 N–H and O–H groups in total. The largest absolute Gasteiger partial charge is 0.337 e. The number of rotatable bonds is 6. The molecule has 3 aromatic rings. The van der Waals surface area contributed by atoms with Crippen LogP contribution in [-0.2, 0) is 14.4 Å². The van der Waals surface area contributed by atoms with Crippen molar-refractivity contribution in [3.05, 3.63) is 95.7 Å². The van der Waals surface area contributed by atoms with Gasteiger partial charge in [0.1, 0.15) is 5.70 Å². The molecule has 7 heteroatoms. The van der Waals surface area contributed by atoms with Gasteiger partial charge in [0.05, 0.1) is 22.9 Å². The zero-order valence-electron chi connectivity index (χ0n) is 18.8. The van der Waals surface area contributed by atoms with E-state index in [9.17, 15) is 14.4 Å². The summed E-state index contributed by atoms with van der Waals surface area (Å²) in [5.74, 6) is -1.10. The van der Waals surface area contributed by atoms with Gasteiger partial charge in [-0.05, 0) is 61.0 Å². The molecule has 0 radical (unpaired) electrons. The van der Waals surface area contributed by atoms with E-state index >= 15 is 0 Å². The third-order valence-corrected chi connectivity index (χ3v) is 5.46. The second-order valence-corrected chi connectivity index (χ2v) is 7.67. The highest BCUT2D eigenvalue weighted by molar-refractivity contribution is 6.46. The summed E-state index contributed by atoms with van der Waals surface area (Å²) in [5.41, 5.74) is 3.31. The van der Waals surface area contributed by atoms with Crippen molar-refractivity contribution >= 4 is 40.4 Å².